The lowest BCUT2D eigenvalue weighted by atomic mass is 10.3. The van der Waals surface area contributed by atoms with E-state index in [0.29, 0.717) is 0 Å². The molecule has 0 aliphatic rings. The van der Waals surface area contributed by atoms with Crippen LogP contribution in [0.2, 0.25) is 5.02 Å². The quantitative estimate of drug-likeness (QED) is 0.484. The Balaban J connectivity index is 3.63. The van der Waals surface area contributed by atoms with E-state index in [1.54, 1.807) is 6.92 Å². The number of nitro benzene ring substituents is 1. The van der Waals surface area contributed by atoms with Crippen molar-refractivity contribution in [3.63, 3.8) is 0 Å². The molecule has 0 heterocycles. The Kier molecular flexibility index (Phi) is 4.18. The third kappa shape index (κ3) is 3.21. The van der Waals surface area contributed by atoms with Crippen molar-refractivity contribution >= 4 is 37.0 Å². The molecule has 0 bridgehead atoms. The third-order valence-electron chi connectivity index (χ3n) is 1.75. The lowest BCUT2D eigenvalue weighted by Crippen LogP contribution is -2.03. The first-order valence-electron chi connectivity index (χ1n) is 4.32. The van der Waals surface area contributed by atoms with Crippen LogP contribution in [0.15, 0.2) is 17.0 Å². The van der Waals surface area contributed by atoms with Crippen molar-refractivity contribution in [3.8, 4) is 5.75 Å². The Bertz CT molecular complexity index is 557. The number of hydrogen-bond donors (Lipinski definition) is 0. The highest BCUT2D eigenvalue weighted by Crippen LogP contribution is 2.38. The van der Waals surface area contributed by atoms with Gasteiger partial charge in [-0.1, -0.05) is 11.6 Å². The van der Waals surface area contributed by atoms with E-state index in [4.69, 9.17) is 27.0 Å². The molecule has 17 heavy (non-hydrogen) atoms. The van der Waals surface area contributed by atoms with Crippen molar-refractivity contribution < 1.29 is 18.1 Å². The molecule has 9 heteroatoms. The molecule has 0 radical (unpaired) electrons. The maximum atomic E-state index is 11.3. The van der Waals surface area contributed by atoms with Crippen molar-refractivity contribution in [2.24, 2.45) is 0 Å². The van der Waals surface area contributed by atoms with Gasteiger partial charge in [0.2, 0.25) is 5.75 Å². The summed E-state index contributed by atoms with van der Waals surface area (Å²) in [7, 11) is 0.983. The highest BCUT2D eigenvalue weighted by Gasteiger charge is 2.27. The van der Waals surface area contributed by atoms with Crippen LogP contribution >= 0.6 is 22.3 Å². The summed E-state index contributed by atoms with van der Waals surface area (Å²) in [6, 6.07) is 2.00. The number of rotatable bonds is 4. The molecule has 0 amide bonds. The first-order valence-corrected chi connectivity index (χ1v) is 7.01. The summed E-state index contributed by atoms with van der Waals surface area (Å²) in [6.45, 7) is 1.62. The summed E-state index contributed by atoms with van der Waals surface area (Å²) in [4.78, 5) is 9.45. The molecule has 0 fully saturated rings. The first kappa shape index (κ1) is 14.0. The maximum Gasteiger partial charge on any atom is 0.313 e. The Labute approximate surface area is 107 Å². The molecule has 1 aromatic rings. The standard InChI is InChI=1S/C8H7Cl2NO5S/c1-2-16-8-6(11(12)13)3-5(9)4-7(8)17(10,14)15/h3-4H,2H2,1H3. The van der Waals surface area contributed by atoms with Crippen molar-refractivity contribution in [2.75, 3.05) is 6.61 Å². The average molecular weight is 300 g/mol. The van der Waals surface area contributed by atoms with Crippen LogP contribution in [0, 0.1) is 10.1 Å². The van der Waals surface area contributed by atoms with E-state index >= 15 is 0 Å². The molecular weight excluding hydrogens is 293 g/mol. The highest BCUT2D eigenvalue weighted by molar-refractivity contribution is 8.13. The van der Waals surface area contributed by atoms with Crippen LogP contribution in [0.5, 0.6) is 5.75 Å². The van der Waals surface area contributed by atoms with E-state index in [2.05, 4.69) is 0 Å². The highest BCUT2D eigenvalue weighted by atomic mass is 35.7. The summed E-state index contributed by atoms with van der Waals surface area (Å²) in [6.07, 6.45) is 0. The lowest BCUT2D eigenvalue weighted by molar-refractivity contribution is -0.386. The molecule has 0 aliphatic carbocycles. The van der Waals surface area contributed by atoms with E-state index in [-0.39, 0.29) is 11.6 Å². The molecule has 0 spiro atoms. The van der Waals surface area contributed by atoms with Gasteiger partial charge in [0.15, 0.2) is 0 Å². The number of benzene rings is 1. The summed E-state index contributed by atoms with van der Waals surface area (Å²) in [5.74, 6) is -0.406. The zero-order valence-corrected chi connectivity index (χ0v) is 10.8. The molecule has 0 N–H and O–H groups in total. The first-order chi connectivity index (χ1) is 7.77. The van der Waals surface area contributed by atoms with Crippen molar-refractivity contribution in [1.82, 2.24) is 0 Å². The molecule has 1 rings (SSSR count). The summed E-state index contributed by atoms with van der Waals surface area (Å²) in [5.41, 5.74) is -0.543. The van der Waals surface area contributed by atoms with Crippen molar-refractivity contribution in [3.05, 3.63) is 27.3 Å². The predicted molar refractivity (Wildman–Crippen MR) is 62.3 cm³/mol. The van der Waals surface area contributed by atoms with Gasteiger partial charge in [0.25, 0.3) is 9.05 Å². The smallest absolute Gasteiger partial charge is 0.313 e. The topological polar surface area (TPSA) is 86.5 Å². The number of nitro groups is 1. The van der Waals surface area contributed by atoms with Crippen molar-refractivity contribution in [1.29, 1.82) is 0 Å². The van der Waals surface area contributed by atoms with E-state index in [1.165, 1.54) is 0 Å². The van der Waals surface area contributed by atoms with Crippen LogP contribution in [0.1, 0.15) is 6.92 Å². The molecule has 6 nitrogen and oxygen atoms in total. The van der Waals surface area contributed by atoms with Crippen LogP contribution in [0.25, 0.3) is 0 Å². The maximum absolute atomic E-state index is 11.3. The van der Waals surface area contributed by atoms with Gasteiger partial charge in [0.05, 0.1) is 11.5 Å². The number of nitrogens with zero attached hydrogens (tertiary/aromatic N) is 1. The Morgan fingerprint density at radius 2 is 2.06 bits per heavy atom. The van der Waals surface area contributed by atoms with E-state index in [1.807, 2.05) is 0 Å². The average Bonchev–Trinajstić information content (AvgIpc) is 2.18. The minimum absolute atomic E-state index is 0.0574. The van der Waals surface area contributed by atoms with Gasteiger partial charge in [-0.25, -0.2) is 8.42 Å². The summed E-state index contributed by atoms with van der Waals surface area (Å²) < 4.78 is 27.5. The minimum atomic E-state index is -4.18. The number of ether oxygens (including phenoxy) is 1. The molecular formula is C8H7Cl2NO5S. The summed E-state index contributed by atoms with van der Waals surface area (Å²) in [5, 5.41) is 10.6. The SMILES string of the molecule is CCOc1c([N+](=O)[O-])cc(Cl)cc1S(=O)(=O)Cl. The zero-order chi connectivity index (χ0) is 13.2. The second-order valence-corrected chi connectivity index (χ2v) is 5.85. The van der Waals surface area contributed by atoms with Gasteiger partial charge in [-0.2, -0.15) is 0 Å². The van der Waals surface area contributed by atoms with Gasteiger partial charge in [0.1, 0.15) is 4.90 Å². The molecule has 0 atom stereocenters. The normalized spacial score (nSPS) is 11.2. The fraction of sp³-hybridized carbons (Fsp3) is 0.250. The predicted octanol–water partition coefficient (Wildman–Crippen LogP) is 2.57. The third-order valence-corrected chi connectivity index (χ3v) is 3.29. The van der Waals surface area contributed by atoms with Gasteiger partial charge in [0, 0.05) is 21.8 Å². The van der Waals surface area contributed by atoms with Crippen LogP contribution in [0.3, 0.4) is 0 Å². The van der Waals surface area contributed by atoms with Gasteiger partial charge >= 0.3 is 5.69 Å². The molecule has 0 aromatic heterocycles. The minimum Gasteiger partial charge on any atom is -0.486 e. The van der Waals surface area contributed by atoms with Gasteiger partial charge in [-0.15, -0.1) is 0 Å². The Hall–Kier alpha value is -1.05. The van der Waals surface area contributed by atoms with Crippen molar-refractivity contribution in [2.45, 2.75) is 11.8 Å². The molecule has 0 saturated heterocycles. The molecule has 0 aliphatic heterocycles. The monoisotopic (exact) mass is 299 g/mol. The molecule has 0 unspecified atom stereocenters. The summed E-state index contributed by atoms with van der Waals surface area (Å²) >= 11 is 5.59. The van der Waals surface area contributed by atoms with Crippen LogP contribution in [-0.2, 0) is 9.05 Å². The molecule has 1 aromatic carbocycles. The second-order valence-electron chi connectivity index (χ2n) is 2.88. The number of halogens is 2. The van der Waals surface area contributed by atoms with Gasteiger partial charge in [-0.3, -0.25) is 10.1 Å². The Morgan fingerprint density at radius 3 is 2.47 bits per heavy atom. The van der Waals surface area contributed by atoms with E-state index < -0.39 is 30.3 Å². The largest absolute Gasteiger partial charge is 0.486 e. The van der Waals surface area contributed by atoms with E-state index in [0.717, 1.165) is 12.1 Å². The fourth-order valence-corrected chi connectivity index (χ4v) is 2.43. The lowest BCUT2D eigenvalue weighted by Gasteiger charge is -2.08. The van der Waals surface area contributed by atoms with Crippen LogP contribution < -0.4 is 4.74 Å². The van der Waals surface area contributed by atoms with Crippen LogP contribution in [0.4, 0.5) is 5.69 Å². The van der Waals surface area contributed by atoms with Gasteiger partial charge in [-0.05, 0) is 13.0 Å². The Morgan fingerprint density at radius 1 is 1.47 bits per heavy atom. The fourth-order valence-electron chi connectivity index (χ4n) is 1.16. The second kappa shape index (κ2) is 5.07. The molecule has 0 saturated carbocycles. The molecule has 94 valence electrons. The zero-order valence-electron chi connectivity index (χ0n) is 8.51. The van der Waals surface area contributed by atoms with Gasteiger partial charge < -0.3 is 4.74 Å². The number of hydrogen-bond acceptors (Lipinski definition) is 5. The van der Waals surface area contributed by atoms with E-state index in [9.17, 15) is 18.5 Å². The van der Waals surface area contributed by atoms with Crippen LogP contribution in [-0.4, -0.2) is 19.9 Å².